The van der Waals surface area contributed by atoms with Crippen molar-refractivity contribution in [2.24, 2.45) is 5.73 Å². The molecule has 1 aromatic carbocycles. The predicted octanol–water partition coefficient (Wildman–Crippen LogP) is 3.45. The molecule has 2 nitrogen and oxygen atoms in total. The molecule has 2 saturated heterocycles. The van der Waals surface area contributed by atoms with E-state index in [1.807, 2.05) is 18.2 Å². The van der Waals surface area contributed by atoms with E-state index in [-0.39, 0.29) is 0 Å². The zero-order chi connectivity index (χ0) is 12.7. The average Bonchev–Trinajstić information content (AvgIpc) is 2.56. The second kappa shape index (κ2) is 5.01. The van der Waals surface area contributed by atoms with Gasteiger partial charge in [-0.2, -0.15) is 0 Å². The topological polar surface area (TPSA) is 29.3 Å². The molecular formula is C14H18Cl2N2. The third kappa shape index (κ3) is 2.39. The summed E-state index contributed by atoms with van der Waals surface area (Å²) in [5.74, 6) is 0. The van der Waals surface area contributed by atoms with Crippen LogP contribution in [0.15, 0.2) is 18.2 Å². The Morgan fingerprint density at radius 2 is 1.83 bits per heavy atom. The van der Waals surface area contributed by atoms with Gasteiger partial charge in [0.15, 0.2) is 0 Å². The molecule has 2 atom stereocenters. The molecule has 98 valence electrons. The minimum Gasteiger partial charge on any atom is -0.328 e. The third-order valence-electron chi connectivity index (χ3n) is 4.29. The van der Waals surface area contributed by atoms with Gasteiger partial charge in [-0.1, -0.05) is 29.3 Å². The van der Waals surface area contributed by atoms with Gasteiger partial charge >= 0.3 is 0 Å². The Kier molecular flexibility index (Phi) is 3.55. The highest BCUT2D eigenvalue weighted by atomic mass is 35.5. The van der Waals surface area contributed by atoms with Crippen molar-refractivity contribution in [1.82, 2.24) is 4.90 Å². The second-order valence-electron chi connectivity index (χ2n) is 5.52. The summed E-state index contributed by atoms with van der Waals surface area (Å²) in [7, 11) is 0. The van der Waals surface area contributed by atoms with E-state index in [1.165, 1.54) is 18.4 Å². The van der Waals surface area contributed by atoms with Crippen LogP contribution in [0.5, 0.6) is 0 Å². The Morgan fingerprint density at radius 3 is 2.44 bits per heavy atom. The Bertz CT molecular complexity index is 435. The fourth-order valence-electron chi connectivity index (χ4n) is 3.42. The molecule has 0 aliphatic carbocycles. The first kappa shape index (κ1) is 12.7. The highest BCUT2D eigenvalue weighted by molar-refractivity contribution is 6.35. The summed E-state index contributed by atoms with van der Waals surface area (Å²) >= 11 is 12.2. The summed E-state index contributed by atoms with van der Waals surface area (Å²) in [6, 6.07) is 7.46. The molecule has 2 bridgehead atoms. The molecule has 2 aliphatic heterocycles. The molecule has 2 fully saturated rings. The van der Waals surface area contributed by atoms with Crippen molar-refractivity contribution in [3.63, 3.8) is 0 Å². The number of nitrogens with zero attached hydrogens (tertiary/aromatic N) is 1. The first-order valence-corrected chi connectivity index (χ1v) is 7.34. The van der Waals surface area contributed by atoms with Crippen molar-refractivity contribution in [3.8, 4) is 0 Å². The van der Waals surface area contributed by atoms with Crippen LogP contribution in [0.2, 0.25) is 10.0 Å². The van der Waals surface area contributed by atoms with Gasteiger partial charge in [0.05, 0.1) is 0 Å². The number of piperidine rings is 1. The Hall–Kier alpha value is -0.280. The Morgan fingerprint density at radius 1 is 1.17 bits per heavy atom. The first-order chi connectivity index (χ1) is 8.63. The van der Waals surface area contributed by atoms with Crippen LogP contribution in [-0.2, 0) is 6.54 Å². The molecule has 3 rings (SSSR count). The average molecular weight is 285 g/mol. The molecule has 2 unspecified atom stereocenters. The van der Waals surface area contributed by atoms with E-state index in [0.717, 1.165) is 24.4 Å². The van der Waals surface area contributed by atoms with Crippen LogP contribution in [0.4, 0.5) is 0 Å². The van der Waals surface area contributed by atoms with E-state index in [9.17, 15) is 0 Å². The van der Waals surface area contributed by atoms with Gasteiger partial charge in [0, 0.05) is 34.7 Å². The number of benzene rings is 1. The number of hydrogen-bond donors (Lipinski definition) is 1. The number of halogens is 2. The van der Waals surface area contributed by atoms with E-state index in [4.69, 9.17) is 28.9 Å². The van der Waals surface area contributed by atoms with E-state index in [2.05, 4.69) is 4.90 Å². The Balaban J connectivity index is 1.77. The first-order valence-electron chi connectivity index (χ1n) is 6.59. The molecule has 0 radical (unpaired) electrons. The van der Waals surface area contributed by atoms with Gasteiger partial charge in [0.2, 0.25) is 0 Å². The molecule has 4 heteroatoms. The van der Waals surface area contributed by atoms with Gasteiger partial charge < -0.3 is 5.73 Å². The van der Waals surface area contributed by atoms with Crippen LogP contribution < -0.4 is 5.73 Å². The van der Waals surface area contributed by atoms with Crippen LogP contribution in [0.25, 0.3) is 0 Å². The molecule has 0 saturated carbocycles. The lowest BCUT2D eigenvalue weighted by Crippen LogP contribution is -2.46. The van der Waals surface area contributed by atoms with Crippen molar-refractivity contribution in [3.05, 3.63) is 33.8 Å². The largest absolute Gasteiger partial charge is 0.328 e. The minimum atomic E-state index is 0.388. The molecule has 18 heavy (non-hydrogen) atoms. The lowest BCUT2D eigenvalue weighted by atomic mass is 9.97. The number of nitrogens with two attached hydrogens (primary N) is 1. The zero-order valence-corrected chi connectivity index (χ0v) is 11.8. The molecule has 2 N–H and O–H groups in total. The summed E-state index contributed by atoms with van der Waals surface area (Å²) < 4.78 is 0. The van der Waals surface area contributed by atoms with Gasteiger partial charge in [0.25, 0.3) is 0 Å². The van der Waals surface area contributed by atoms with Gasteiger partial charge in [-0.3, -0.25) is 4.90 Å². The smallest absolute Gasteiger partial charge is 0.0465 e. The molecule has 0 aromatic heterocycles. The van der Waals surface area contributed by atoms with Gasteiger partial charge in [-0.15, -0.1) is 0 Å². The van der Waals surface area contributed by atoms with Gasteiger partial charge in [0.1, 0.15) is 0 Å². The van der Waals surface area contributed by atoms with E-state index < -0.39 is 0 Å². The lowest BCUT2D eigenvalue weighted by Gasteiger charge is -2.37. The fraction of sp³-hybridized carbons (Fsp3) is 0.571. The summed E-state index contributed by atoms with van der Waals surface area (Å²) in [4.78, 5) is 2.58. The van der Waals surface area contributed by atoms with E-state index in [1.54, 1.807) is 0 Å². The van der Waals surface area contributed by atoms with Crippen LogP contribution in [0.1, 0.15) is 31.2 Å². The predicted molar refractivity (Wildman–Crippen MR) is 76.0 cm³/mol. The van der Waals surface area contributed by atoms with Crippen molar-refractivity contribution in [2.75, 3.05) is 0 Å². The van der Waals surface area contributed by atoms with Gasteiger partial charge in [-0.05, 0) is 43.4 Å². The number of fused-ring (bicyclic) bond motifs is 2. The van der Waals surface area contributed by atoms with Crippen LogP contribution in [-0.4, -0.2) is 23.0 Å². The standard InChI is InChI=1S/C14H18Cl2N2/c15-10-2-1-9(14(16)5-10)8-18-12-3-4-13(18)7-11(17)6-12/h1-2,5,11-13H,3-4,6-8,17H2. The Labute approximate surface area is 118 Å². The van der Waals surface area contributed by atoms with Crippen molar-refractivity contribution in [1.29, 1.82) is 0 Å². The molecule has 2 heterocycles. The van der Waals surface area contributed by atoms with Crippen LogP contribution >= 0.6 is 23.2 Å². The number of hydrogen-bond acceptors (Lipinski definition) is 2. The summed E-state index contributed by atoms with van der Waals surface area (Å²) in [6.07, 6.45) is 4.82. The van der Waals surface area contributed by atoms with Gasteiger partial charge in [-0.25, -0.2) is 0 Å². The van der Waals surface area contributed by atoms with Crippen LogP contribution in [0, 0.1) is 0 Å². The second-order valence-corrected chi connectivity index (χ2v) is 6.37. The summed E-state index contributed by atoms with van der Waals surface area (Å²) in [5.41, 5.74) is 7.27. The molecule has 0 spiro atoms. The monoisotopic (exact) mass is 284 g/mol. The highest BCUT2D eigenvalue weighted by Crippen LogP contribution is 2.37. The highest BCUT2D eigenvalue weighted by Gasteiger charge is 2.39. The van der Waals surface area contributed by atoms with E-state index in [0.29, 0.717) is 23.1 Å². The summed E-state index contributed by atoms with van der Waals surface area (Å²) in [5, 5.41) is 1.48. The SMILES string of the molecule is NC1CC2CCC(C1)N2Cc1ccc(Cl)cc1Cl. The molecule has 0 amide bonds. The van der Waals surface area contributed by atoms with Crippen molar-refractivity contribution < 1.29 is 0 Å². The lowest BCUT2D eigenvalue weighted by molar-refractivity contribution is 0.120. The maximum absolute atomic E-state index is 6.26. The van der Waals surface area contributed by atoms with Crippen LogP contribution in [0.3, 0.4) is 0 Å². The molecule has 2 aliphatic rings. The van der Waals surface area contributed by atoms with E-state index >= 15 is 0 Å². The summed E-state index contributed by atoms with van der Waals surface area (Å²) in [6.45, 7) is 0.929. The normalized spacial score (nSPS) is 31.8. The third-order valence-corrected chi connectivity index (χ3v) is 4.88. The quantitative estimate of drug-likeness (QED) is 0.901. The maximum atomic E-state index is 6.26. The molecule has 1 aromatic rings. The zero-order valence-electron chi connectivity index (χ0n) is 10.3. The fourth-order valence-corrected chi connectivity index (χ4v) is 3.89. The minimum absolute atomic E-state index is 0.388. The van der Waals surface area contributed by atoms with Crippen molar-refractivity contribution in [2.45, 2.75) is 50.4 Å². The molecular weight excluding hydrogens is 267 g/mol. The number of rotatable bonds is 2. The maximum Gasteiger partial charge on any atom is 0.0465 e. The van der Waals surface area contributed by atoms with Crippen molar-refractivity contribution >= 4 is 23.2 Å².